The topological polar surface area (TPSA) is 74.5 Å². The predicted molar refractivity (Wildman–Crippen MR) is 96.2 cm³/mol. The summed E-state index contributed by atoms with van der Waals surface area (Å²) in [6, 6.07) is 16.8. The van der Waals surface area contributed by atoms with Gasteiger partial charge in [-0.05, 0) is 42.8 Å². The molecule has 0 aliphatic rings. The first-order chi connectivity index (χ1) is 12.7. The summed E-state index contributed by atoms with van der Waals surface area (Å²) in [6.07, 6.45) is 3.02. The Hall–Kier alpha value is -3.41. The lowest BCUT2D eigenvalue weighted by Crippen LogP contribution is -2.00. The Bertz CT molecular complexity index is 870. The van der Waals surface area contributed by atoms with Crippen molar-refractivity contribution in [2.75, 3.05) is 6.61 Å². The Morgan fingerprint density at radius 2 is 1.85 bits per heavy atom. The van der Waals surface area contributed by atoms with E-state index in [1.165, 1.54) is 6.08 Å². The van der Waals surface area contributed by atoms with Gasteiger partial charge in [-0.3, -0.25) is 0 Å². The molecule has 0 aliphatic heterocycles. The molecule has 1 heterocycles. The zero-order valence-corrected chi connectivity index (χ0v) is 14.3. The molecule has 0 unspecified atom stereocenters. The van der Waals surface area contributed by atoms with Crippen LogP contribution in [-0.2, 0) is 16.1 Å². The van der Waals surface area contributed by atoms with Crippen LogP contribution in [0.15, 0.2) is 65.1 Å². The quantitative estimate of drug-likeness (QED) is 0.475. The molecule has 0 fully saturated rings. The predicted octanol–water partition coefficient (Wildman–Crippen LogP) is 3.89. The summed E-state index contributed by atoms with van der Waals surface area (Å²) in [6.45, 7) is 2.46. The number of carbonyl (C=O) groups excluding carboxylic acids is 1. The van der Waals surface area contributed by atoms with E-state index in [4.69, 9.17) is 13.9 Å². The van der Waals surface area contributed by atoms with Crippen molar-refractivity contribution < 1.29 is 18.7 Å². The maximum Gasteiger partial charge on any atom is 0.331 e. The highest BCUT2D eigenvalue weighted by atomic mass is 16.5. The van der Waals surface area contributed by atoms with Crippen LogP contribution in [0.2, 0.25) is 0 Å². The summed E-state index contributed by atoms with van der Waals surface area (Å²) in [7, 11) is 0. The van der Waals surface area contributed by atoms with Crippen LogP contribution in [-0.4, -0.2) is 22.8 Å². The van der Waals surface area contributed by atoms with Gasteiger partial charge in [-0.25, -0.2) is 4.79 Å². The van der Waals surface area contributed by atoms with Gasteiger partial charge in [0.25, 0.3) is 5.89 Å². The summed E-state index contributed by atoms with van der Waals surface area (Å²) in [4.78, 5) is 11.8. The van der Waals surface area contributed by atoms with E-state index in [2.05, 4.69) is 10.2 Å². The number of aromatic nitrogens is 2. The molecule has 0 amide bonds. The van der Waals surface area contributed by atoms with Crippen LogP contribution >= 0.6 is 0 Å². The van der Waals surface area contributed by atoms with Gasteiger partial charge < -0.3 is 13.9 Å². The molecular formula is C20H18N2O4. The van der Waals surface area contributed by atoms with Crippen molar-refractivity contribution in [3.63, 3.8) is 0 Å². The molecule has 6 nitrogen and oxygen atoms in total. The van der Waals surface area contributed by atoms with Gasteiger partial charge in [-0.2, -0.15) is 0 Å². The standard InChI is InChI=1S/C20H18N2O4/c1-2-24-17-11-8-15(9-12-17)10-13-19(23)25-14-18-21-22-20(26-18)16-6-4-3-5-7-16/h3-13H,2,14H2,1H3/b13-10+. The first kappa shape index (κ1) is 17.4. The van der Waals surface area contributed by atoms with Crippen LogP contribution in [0.4, 0.5) is 0 Å². The van der Waals surface area contributed by atoms with Gasteiger partial charge in [0.2, 0.25) is 5.89 Å². The van der Waals surface area contributed by atoms with Gasteiger partial charge in [-0.1, -0.05) is 30.3 Å². The lowest BCUT2D eigenvalue weighted by molar-refractivity contribution is -0.139. The van der Waals surface area contributed by atoms with Crippen LogP contribution in [0, 0.1) is 0 Å². The van der Waals surface area contributed by atoms with Crippen LogP contribution in [0.3, 0.4) is 0 Å². The molecule has 3 rings (SSSR count). The molecule has 0 radical (unpaired) electrons. The van der Waals surface area contributed by atoms with Gasteiger partial charge in [0.15, 0.2) is 6.61 Å². The van der Waals surface area contributed by atoms with Crippen molar-refractivity contribution in [3.8, 4) is 17.2 Å². The minimum Gasteiger partial charge on any atom is -0.494 e. The fourth-order valence-electron chi connectivity index (χ4n) is 2.20. The van der Waals surface area contributed by atoms with Gasteiger partial charge >= 0.3 is 5.97 Å². The molecule has 3 aromatic rings. The van der Waals surface area contributed by atoms with E-state index in [0.717, 1.165) is 16.9 Å². The van der Waals surface area contributed by atoms with Gasteiger partial charge in [0.1, 0.15) is 5.75 Å². The summed E-state index contributed by atoms with van der Waals surface area (Å²) < 4.78 is 16.0. The Labute approximate surface area is 151 Å². The van der Waals surface area contributed by atoms with E-state index < -0.39 is 5.97 Å². The number of benzene rings is 2. The summed E-state index contributed by atoms with van der Waals surface area (Å²) in [5, 5.41) is 7.82. The Balaban J connectivity index is 1.52. The van der Waals surface area contributed by atoms with Crippen LogP contribution < -0.4 is 4.74 Å². The number of rotatable bonds is 7. The molecule has 26 heavy (non-hydrogen) atoms. The van der Waals surface area contributed by atoms with E-state index in [1.54, 1.807) is 6.08 Å². The maximum atomic E-state index is 11.8. The molecule has 6 heteroatoms. The van der Waals surface area contributed by atoms with E-state index in [1.807, 2.05) is 61.5 Å². The second kappa shape index (κ2) is 8.62. The minimum absolute atomic E-state index is 0.0771. The minimum atomic E-state index is -0.488. The first-order valence-corrected chi connectivity index (χ1v) is 8.20. The number of hydrogen-bond acceptors (Lipinski definition) is 6. The van der Waals surface area contributed by atoms with Crippen molar-refractivity contribution in [2.24, 2.45) is 0 Å². The second-order valence-electron chi connectivity index (χ2n) is 5.31. The lowest BCUT2D eigenvalue weighted by atomic mass is 10.2. The van der Waals surface area contributed by atoms with Gasteiger partial charge in [0.05, 0.1) is 6.61 Å². The van der Waals surface area contributed by atoms with Gasteiger partial charge in [-0.15, -0.1) is 10.2 Å². The Morgan fingerprint density at radius 3 is 2.58 bits per heavy atom. The van der Waals surface area contributed by atoms with E-state index in [-0.39, 0.29) is 12.5 Å². The average Bonchev–Trinajstić information content (AvgIpc) is 3.16. The SMILES string of the molecule is CCOc1ccc(/C=C/C(=O)OCc2nnc(-c3ccccc3)o2)cc1. The molecular weight excluding hydrogens is 332 g/mol. The second-order valence-corrected chi connectivity index (χ2v) is 5.31. The largest absolute Gasteiger partial charge is 0.494 e. The number of nitrogens with zero attached hydrogens (tertiary/aromatic N) is 2. The smallest absolute Gasteiger partial charge is 0.331 e. The third kappa shape index (κ3) is 4.80. The highest BCUT2D eigenvalue weighted by Gasteiger charge is 2.09. The highest BCUT2D eigenvalue weighted by Crippen LogP contribution is 2.17. The van der Waals surface area contributed by atoms with Crippen LogP contribution in [0.5, 0.6) is 5.75 Å². The van der Waals surface area contributed by atoms with Crippen molar-refractivity contribution in [1.82, 2.24) is 10.2 Å². The van der Waals surface area contributed by atoms with Crippen LogP contribution in [0.1, 0.15) is 18.4 Å². The summed E-state index contributed by atoms with van der Waals surface area (Å²) >= 11 is 0. The molecule has 0 aliphatic carbocycles. The number of carbonyl (C=O) groups is 1. The molecule has 1 aromatic heterocycles. The van der Waals surface area contributed by atoms with Crippen molar-refractivity contribution in [2.45, 2.75) is 13.5 Å². The Kier molecular flexibility index (Phi) is 5.77. The molecule has 0 saturated heterocycles. The Morgan fingerprint density at radius 1 is 1.08 bits per heavy atom. The fraction of sp³-hybridized carbons (Fsp3) is 0.150. The third-order valence-electron chi connectivity index (χ3n) is 3.43. The molecule has 0 N–H and O–H groups in total. The van der Waals surface area contributed by atoms with E-state index in [0.29, 0.717) is 12.5 Å². The number of hydrogen-bond donors (Lipinski definition) is 0. The fourth-order valence-corrected chi connectivity index (χ4v) is 2.20. The molecule has 132 valence electrons. The zero-order valence-electron chi connectivity index (χ0n) is 14.3. The molecule has 0 saturated carbocycles. The average molecular weight is 350 g/mol. The summed E-state index contributed by atoms with van der Waals surface area (Å²) in [5.74, 6) is 0.935. The molecule has 0 bridgehead atoms. The normalized spacial score (nSPS) is 10.8. The lowest BCUT2D eigenvalue weighted by Gasteiger charge is -2.02. The van der Waals surface area contributed by atoms with Crippen molar-refractivity contribution in [1.29, 1.82) is 0 Å². The molecule has 0 spiro atoms. The maximum absolute atomic E-state index is 11.8. The van der Waals surface area contributed by atoms with Crippen molar-refractivity contribution >= 4 is 12.0 Å². The molecule has 0 atom stereocenters. The first-order valence-electron chi connectivity index (χ1n) is 8.20. The van der Waals surface area contributed by atoms with Gasteiger partial charge in [0, 0.05) is 11.6 Å². The highest BCUT2D eigenvalue weighted by molar-refractivity contribution is 5.87. The third-order valence-corrected chi connectivity index (χ3v) is 3.43. The zero-order chi connectivity index (χ0) is 18.2. The monoisotopic (exact) mass is 350 g/mol. The molecule has 2 aromatic carbocycles. The number of ether oxygens (including phenoxy) is 2. The summed E-state index contributed by atoms with van der Waals surface area (Å²) in [5.41, 5.74) is 1.68. The van der Waals surface area contributed by atoms with Crippen molar-refractivity contribution in [3.05, 3.63) is 72.1 Å². The number of esters is 1. The van der Waals surface area contributed by atoms with E-state index >= 15 is 0 Å². The van der Waals surface area contributed by atoms with Crippen LogP contribution in [0.25, 0.3) is 17.5 Å². The van der Waals surface area contributed by atoms with E-state index in [9.17, 15) is 4.79 Å².